The minimum Gasteiger partial charge on any atom is -0.489 e. The number of rotatable bonds is 2. The number of benzene rings is 1. The van der Waals surface area contributed by atoms with E-state index in [2.05, 4.69) is 33.8 Å². The van der Waals surface area contributed by atoms with Crippen LogP contribution in [0.2, 0.25) is 5.02 Å². The number of ether oxygens (including phenoxy) is 1. The molecule has 1 saturated carbocycles. The molecule has 0 N–H and O–H groups in total. The summed E-state index contributed by atoms with van der Waals surface area (Å²) in [5, 5.41) is 9.46. The highest BCUT2D eigenvalue weighted by atomic mass is 35.5. The standard InChI is InChI=1S/C16H20ClNO/c1-10-12(7-6-11(8-18)13(10)17)19-14-15(2,3)9-16(14,4)5/h6-7,14H,9H2,1-5H3. The Balaban J connectivity index is 2.31. The summed E-state index contributed by atoms with van der Waals surface area (Å²) < 4.78 is 6.20. The van der Waals surface area contributed by atoms with Gasteiger partial charge in [0.05, 0.1) is 10.6 Å². The molecule has 1 fully saturated rings. The van der Waals surface area contributed by atoms with Crippen LogP contribution in [0.4, 0.5) is 0 Å². The van der Waals surface area contributed by atoms with Crippen molar-refractivity contribution in [1.82, 2.24) is 0 Å². The van der Waals surface area contributed by atoms with Gasteiger partial charge in [-0.1, -0.05) is 39.3 Å². The third kappa shape index (κ3) is 2.32. The van der Waals surface area contributed by atoms with E-state index in [1.165, 1.54) is 0 Å². The van der Waals surface area contributed by atoms with Gasteiger partial charge in [0.25, 0.3) is 0 Å². The van der Waals surface area contributed by atoms with E-state index in [1.807, 2.05) is 13.0 Å². The first-order valence-electron chi connectivity index (χ1n) is 6.55. The maximum absolute atomic E-state index is 8.96. The van der Waals surface area contributed by atoms with Crippen LogP contribution in [0.1, 0.15) is 45.2 Å². The monoisotopic (exact) mass is 277 g/mol. The maximum Gasteiger partial charge on any atom is 0.124 e. The number of hydrogen-bond acceptors (Lipinski definition) is 2. The molecule has 0 saturated heterocycles. The van der Waals surface area contributed by atoms with E-state index in [4.69, 9.17) is 21.6 Å². The van der Waals surface area contributed by atoms with Crippen molar-refractivity contribution < 1.29 is 4.74 Å². The molecule has 2 nitrogen and oxygen atoms in total. The minimum atomic E-state index is 0.169. The highest BCUT2D eigenvalue weighted by Crippen LogP contribution is 2.55. The second-order valence-electron chi connectivity index (χ2n) is 6.81. The van der Waals surface area contributed by atoms with Crippen LogP contribution in [-0.2, 0) is 0 Å². The van der Waals surface area contributed by atoms with Crippen molar-refractivity contribution in [3.05, 3.63) is 28.3 Å². The van der Waals surface area contributed by atoms with Crippen LogP contribution in [0.25, 0.3) is 0 Å². The first kappa shape index (κ1) is 14.2. The third-order valence-electron chi connectivity index (χ3n) is 4.03. The highest BCUT2D eigenvalue weighted by Gasteiger charge is 2.55. The van der Waals surface area contributed by atoms with E-state index in [9.17, 15) is 0 Å². The zero-order valence-electron chi connectivity index (χ0n) is 12.2. The number of hydrogen-bond donors (Lipinski definition) is 0. The van der Waals surface area contributed by atoms with Crippen LogP contribution in [0, 0.1) is 29.1 Å². The van der Waals surface area contributed by atoms with Crippen LogP contribution in [0.3, 0.4) is 0 Å². The van der Waals surface area contributed by atoms with Gasteiger partial charge in [0.1, 0.15) is 17.9 Å². The van der Waals surface area contributed by atoms with Crippen molar-refractivity contribution in [2.75, 3.05) is 0 Å². The topological polar surface area (TPSA) is 33.0 Å². The summed E-state index contributed by atoms with van der Waals surface area (Å²) in [7, 11) is 0. The third-order valence-corrected chi connectivity index (χ3v) is 4.52. The Bertz CT molecular complexity index is 541. The van der Waals surface area contributed by atoms with Crippen molar-refractivity contribution in [2.45, 2.75) is 47.1 Å². The summed E-state index contributed by atoms with van der Waals surface area (Å²) in [5.41, 5.74) is 1.70. The summed E-state index contributed by atoms with van der Waals surface area (Å²) >= 11 is 6.18. The van der Waals surface area contributed by atoms with Crippen molar-refractivity contribution in [3.63, 3.8) is 0 Å². The lowest BCUT2D eigenvalue weighted by molar-refractivity contribution is -0.134. The average Bonchev–Trinajstić information content (AvgIpc) is 2.29. The summed E-state index contributed by atoms with van der Waals surface area (Å²) in [6.45, 7) is 10.8. The Labute approximate surface area is 120 Å². The lowest BCUT2D eigenvalue weighted by Gasteiger charge is -2.56. The van der Waals surface area contributed by atoms with Gasteiger partial charge in [0.15, 0.2) is 0 Å². The van der Waals surface area contributed by atoms with Gasteiger partial charge >= 0.3 is 0 Å². The molecule has 0 bridgehead atoms. The van der Waals surface area contributed by atoms with Gasteiger partial charge in [-0.05, 0) is 25.5 Å². The van der Waals surface area contributed by atoms with E-state index >= 15 is 0 Å². The Morgan fingerprint density at radius 3 is 2.32 bits per heavy atom. The van der Waals surface area contributed by atoms with Crippen molar-refractivity contribution in [1.29, 1.82) is 5.26 Å². The lowest BCUT2D eigenvalue weighted by atomic mass is 9.53. The van der Waals surface area contributed by atoms with Gasteiger partial charge in [-0.2, -0.15) is 5.26 Å². The van der Waals surface area contributed by atoms with E-state index < -0.39 is 0 Å². The summed E-state index contributed by atoms with van der Waals surface area (Å²) in [4.78, 5) is 0. The Hall–Kier alpha value is -1.20. The molecule has 19 heavy (non-hydrogen) atoms. The van der Waals surface area contributed by atoms with Crippen LogP contribution in [0.5, 0.6) is 5.75 Å². The summed E-state index contributed by atoms with van der Waals surface area (Å²) in [5.74, 6) is 0.787. The van der Waals surface area contributed by atoms with Gasteiger partial charge in [0, 0.05) is 16.4 Å². The van der Waals surface area contributed by atoms with Crippen LogP contribution < -0.4 is 4.74 Å². The molecule has 0 aliphatic heterocycles. The van der Waals surface area contributed by atoms with Crippen LogP contribution >= 0.6 is 11.6 Å². The van der Waals surface area contributed by atoms with E-state index in [0.717, 1.165) is 17.7 Å². The van der Waals surface area contributed by atoms with Crippen LogP contribution in [0.15, 0.2) is 12.1 Å². The molecule has 1 aliphatic carbocycles. The number of nitrogens with zero attached hydrogens (tertiary/aromatic N) is 1. The first-order valence-corrected chi connectivity index (χ1v) is 6.93. The first-order chi connectivity index (χ1) is 8.69. The Morgan fingerprint density at radius 2 is 1.84 bits per heavy atom. The lowest BCUT2D eigenvalue weighted by Crippen LogP contribution is -2.58. The average molecular weight is 278 g/mol. The molecule has 0 heterocycles. The van der Waals surface area contributed by atoms with E-state index in [0.29, 0.717) is 10.6 Å². The quantitative estimate of drug-likeness (QED) is 0.783. The van der Waals surface area contributed by atoms with Gasteiger partial charge in [-0.3, -0.25) is 0 Å². The maximum atomic E-state index is 8.96. The molecule has 1 aromatic rings. The SMILES string of the molecule is Cc1c(OC2C(C)(C)CC2(C)C)ccc(C#N)c1Cl. The Morgan fingerprint density at radius 1 is 1.26 bits per heavy atom. The highest BCUT2D eigenvalue weighted by molar-refractivity contribution is 6.32. The normalized spacial score (nSPS) is 20.5. The molecular weight excluding hydrogens is 258 g/mol. The predicted molar refractivity (Wildman–Crippen MR) is 77.5 cm³/mol. The molecule has 0 atom stereocenters. The van der Waals surface area contributed by atoms with E-state index in [1.54, 1.807) is 6.07 Å². The fraction of sp³-hybridized carbons (Fsp3) is 0.562. The number of halogens is 1. The van der Waals surface area contributed by atoms with Gasteiger partial charge in [-0.15, -0.1) is 0 Å². The van der Waals surface area contributed by atoms with E-state index in [-0.39, 0.29) is 16.9 Å². The van der Waals surface area contributed by atoms with Crippen molar-refractivity contribution in [3.8, 4) is 11.8 Å². The molecular formula is C16H20ClNO. The largest absolute Gasteiger partial charge is 0.489 e. The van der Waals surface area contributed by atoms with Crippen LogP contribution in [-0.4, -0.2) is 6.10 Å². The molecule has 0 unspecified atom stereocenters. The molecule has 0 amide bonds. The van der Waals surface area contributed by atoms with Crippen molar-refractivity contribution >= 4 is 11.6 Å². The van der Waals surface area contributed by atoms with Gasteiger partial charge in [0.2, 0.25) is 0 Å². The fourth-order valence-electron chi connectivity index (χ4n) is 3.61. The zero-order valence-corrected chi connectivity index (χ0v) is 12.9. The molecule has 1 aliphatic rings. The zero-order chi connectivity index (χ0) is 14.4. The smallest absolute Gasteiger partial charge is 0.124 e. The Kier molecular flexibility index (Phi) is 3.31. The predicted octanol–water partition coefficient (Wildman–Crippen LogP) is 4.72. The molecule has 0 spiro atoms. The summed E-state index contributed by atoms with van der Waals surface area (Å²) in [6, 6.07) is 5.67. The molecule has 3 heteroatoms. The second-order valence-corrected chi connectivity index (χ2v) is 7.19. The molecule has 2 rings (SSSR count). The molecule has 0 aromatic heterocycles. The van der Waals surface area contributed by atoms with Gasteiger partial charge < -0.3 is 4.74 Å². The molecule has 102 valence electrons. The molecule has 0 radical (unpaired) electrons. The second kappa shape index (κ2) is 4.42. The van der Waals surface area contributed by atoms with Crippen molar-refractivity contribution in [2.24, 2.45) is 10.8 Å². The number of nitriles is 1. The minimum absolute atomic E-state index is 0.169. The fourth-order valence-corrected chi connectivity index (χ4v) is 3.81. The molecule has 1 aromatic carbocycles. The summed E-state index contributed by atoms with van der Waals surface area (Å²) in [6.07, 6.45) is 1.32. The van der Waals surface area contributed by atoms with Gasteiger partial charge in [-0.25, -0.2) is 0 Å².